The Balaban J connectivity index is 2.89. The van der Waals surface area contributed by atoms with Gasteiger partial charge in [0.25, 0.3) is 0 Å². The van der Waals surface area contributed by atoms with Crippen molar-refractivity contribution in [3.05, 3.63) is 11.4 Å². The summed E-state index contributed by atoms with van der Waals surface area (Å²) in [6.45, 7) is 6.83. The quantitative estimate of drug-likeness (QED) is 0.673. The van der Waals surface area contributed by atoms with E-state index in [4.69, 9.17) is 5.14 Å². The maximum Gasteiger partial charge on any atom is 0.210 e. The lowest BCUT2D eigenvalue weighted by atomic mass is 10.3. The molecule has 19 heavy (non-hydrogen) atoms. The molecule has 0 atom stereocenters. The van der Waals surface area contributed by atoms with Crippen LogP contribution in [0.3, 0.4) is 0 Å². The van der Waals surface area contributed by atoms with Crippen LogP contribution in [0.15, 0.2) is 0 Å². The second-order valence-electron chi connectivity index (χ2n) is 4.14. The fourth-order valence-corrected chi connectivity index (χ4v) is 1.93. The highest BCUT2D eigenvalue weighted by molar-refractivity contribution is 7.89. The van der Waals surface area contributed by atoms with E-state index in [1.165, 1.54) is 0 Å². The molecule has 8 heteroatoms. The summed E-state index contributed by atoms with van der Waals surface area (Å²) in [6, 6.07) is 0. The minimum absolute atomic E-state index is 0.131. The summed E-state index contributed by atoms with van der Waals surface area (Å²) >= 11 is 0. The van der Waals surface area contributed by atoms with Gasteiger partial charge in [0.2, 0.25) is 10.0 Å². The molecule has 7 nitrogen and oxygen atoms in total. The number of anilines is 2. The van der Waals surface area contributed by atoms with Crippen LogP contribution in [0.1, 0.15) is 25.2 Å². The topological polar surface area (TPSA) is 110 Å². The first-order chi connectivity index (χ1) is 8.87. The van der Waals surface area contributed by atoms with Crippen LogP contribution in [-0.2, 0) is 16.4 Å². The standard InChI is InChI=1S/C11H21N5O2S/c1-4-9-15-10(13-5-2)8(3)11(16-9)14-6-7-19(12,17)18/h4-7H2,1-3H3,(H2,12,17,18)(H2,13,14,15,16). The van der Waals surface area contributed by atoms with Gasteiger partial charge in [-0.3, -0.25) is 0 Å². The van der Waals surface area contributed by atoms with Gasteiger partial charge < -0.3 is 10.6 Å². The van der Waals surface area contributed by atoms with Crippen molar-refractivity contribution in [1.82, 2.24) is 9.97 Å². The lowest BCUT2D eigenvalue weighted by molar-refractivity contribution is 0.598. The number of rotatable bonds is 7. The second kappa shape index (κ2) is 6.67. The first kappa shape index (κ1) is 15.6. The maximum absolute atomic E-state index is 10.9. The first-order valence-electron chi connectivity index (χ1n) is 6.23. The van der Waals surface area contributed by atoms with Gasteiger partial charge in [-0.1, -0.05) is 6.92 Å². The highest BCUT2D eigenvalue weighted by Crippen LogP contribution is 2.19. The van der Waals surface area contributed by atoms with Gasteiger partial charge in [0.15, 0.2) is 0 Å². The molecule has 1 aromatic heterocycles. The Morgan fingerprint density at radius 2 is 1.74 bits per heavy atom. The first-order valence-corrected chi connectivity index (χ1v) is 7.94. The monoisotopic (exact) mass is 287 g/mol. The van der Waals surface area contributed by atoms with Crippen LogP contribution < -0.4 is 15.8 Å². The van der Waals surface area contributed by atoms with Gasteiger partial charge >= 0.3 is 0 Å². The number of aryl methyl sites for hydroxylation is 1. The molecule has 0 aliphatic heterocycles. The SMILES string of the molecule is CCNc1nc(CC)nc(NCCS(N)(=O)=O)c1C. The molecule has 0 saturated heterocycles. The number of nitrogens with zero attached hydrogens (tertiary/aromatic N) is 2. The lowest BCUT2D eigenvalue weighted by Crippen LogP contribution is -2.23. The number of primary sulfonamides is 1. The third kappa shape index (κ3) is 4.99. The highest BCUT2D eigenvalue weighted by atomic mass is 32.2. The van der Waals surface area contributed by atoms with Gasteiger partial charge in [0.1, 0.15) is 17.5 Å². The van der Waals surface area contributed by atoms with Crippen LogP contribution in [0.4, 0.5) is 11.6 Å². The second-order valence-corrected chi connectivity index (χ2v) is 5.87. The molecule has 0 bridgehead atoms. The largest absolute Gasteiger partial charge is 0.370 e. The molecule has 108 valence electrons. The van der Waals surface area contributed by atoms with Crippen LogP contribution >= 0.6 is 0 Å². The Hall–Kier alpha value is -1.41. The van der Waals surface area contributed by atoms with Crippen molar-refractivity contribution < 1.29 is 8.42 Å². The highest BCUT2D eigenvalue weighted by Gasteiger charge is 2.10. The van der Waals surface area contributed by atoms with E-state index in [-0.39, 0.29) is 12.3 Å². The van der Waals surface area contributed by atoms with E-state index in [9.17, 15) is 8.42 Å². The molecule has 0 saturated carbocycles. The summed E-state index contributed by atoms with van der Waals surface area (Å²) in [5.41, 5.74) is 0.869. The fraction of sp³-hybridized carbons (Fsp3) is 0.636. The third-order valence-corrected chi connectivity index (χ3v) is 3.30. The Bertz CT molecular complexity index is 530. The molecule has 1 rings (SSSR count). The Morgan fingerprint density at radius 1 is 1.16 bits per heavy atom. The molecule has 0 radical (unpaired) electrons. The zero-order valence-corrected chi connectivity index (χ0v) is 12.3. The summed E-state index contributed by atoms with van der Waals surface area (Å²) in [7, 11) is -3.46. The van der Waals surface area contributed by atoms with E-state index < -0.39 is 10.0 Å². The van der Waals surface area contributed by atoms with Crippen molar-refractivity contribution >= 4 is 21.7 Å². The molecule has 0 aromatic carbocycles. The molecular formula is C11H21N5O2S. The molecule has 1 heterocycles. The van der Waals surface area contributed by atoms with Gasteiger partial charge in [-0.25, -0.2) is 23.5 Å². The van der Waals surface area contributed by atoms with E-state index in [2.05, 4.69) is 20.6 Å². The fourth-order valence-electron chi connectivity index (χ4n) is 1.54. The Labute approximate surface area is 114 Å². The zero-order chi connectivity index (χ0) is 14.5. The minimum atomic E-state index is -3.46. The van der Waals surface area contributed by atoms with Crippen molar-refractivity contribution in [2.45, 2.75) is 27.2 Å². The smallest absolute Gasteiger partial charge is 0.210 e. The van der Waals surface area contributed by atoms with E-state index in [0.29, 0.717) is 18.1 Å². The molecular weight excluding hydrogens is 266 g/mol. The summed E-state index contributed by atoms with van der Waals surface area (Å²) in [6.07, 6.45) is 0.711. The average molecular weight is 287 g/mol. The van der Waals surface area contributed by atoms with E-state index in [1.54, 1.807) is 0 Å². The van der Waals surface area contributed by atoms with Crippen LogP contribution in [0.5, 0.6) is 0 Å². The van der Waals surface area contributed by atoms with Crippen LogP contribution in [0, 0.1) is 6.92 Å². The van der Waals surface area contributed by atoms with E-state index in [0.717, 1.165) is 17.9 Å². The van der Waals surface area contributed by atoms with Gasteiger partial charge in [-0.05, 0) is 13.8 Å². The summed E-state index contributed by atoms with van der Waals surface area (Å²) < 4.78 is 21.8. The molecule has 0 amide bonds. The number of aromatic nitrogens is 2. The Morgan fingerprint density at radius 3 is 2.21 bits per heavy atom. The van der Waals surface area contributed by atoms with Gasteiger partial charge in [0, 0.05) is 25.1 Å². The number of sulfonamides is 1. The van der Waals surface area contributed by atoms with E-state index in [1.807, 2.05) is 20.8 Å². The molecule has 0 unspecified atom stereocenters. The van der Waals surface area contributed by atoms with Crippen LogP contribution in [0.2, 0.25) is 0 Å². The Kier molecular flexibility index (Phi) is 5.49. The molecule has 1 aromatic rings. The predicted molar refractivity (Wildman–Crippen MR) is 76.8 cm³/mol. The number of hydrogen-bond acceptors (Lipinski definition) is 6. The number of nitrogens with two attached hydrogens (primary N) is 1. The molecule has 0 fully saturated rings. The summed E-state index contributed by atoms with van der Waals surface area (Å²) in [4.78, 5) is 8.75. The lowest BCUT2D eigenvalue weighted by Gasteiger charge is -2.13. The molecule has 0 aliphatic rings. The summed E-state index contributed by atoms with van der Waals surface area (Å²) in [5.74, 6) is 1.99. The van der Waals surface area contributed by atoms with Crippen molar-refractivity contribution in [3.63, 3.8) is 0 Å². The minimum Gasteiger partial charge on any atom is -0.370 e. The number of nitrogens with one attached hydrogen (secondary N) is 2. The molecule has 0 aliphatic carbocycles. The van der Waals surface area contributed by atoms with Crippen molar-refractivity contribution in [3.8, 4) is 0 Å². The van der Waals surface area contributed by atoms with Gasteiger partial charge in [-0.2, -0.15) is 0 Å². The average Bonchev–Trinajstić information content (AvgIpc) is 2.32. The van der Waals surface area contributed by atoms with Crippen molar-refractivity contribution in [2.75, 3.05) is 29.5 Å². The van der Waals surface area contributed by atoms with Crippen LogP contribution in [0.25, 0.3) is 0 Å². The van der Waals surface area contributed by atoms with Crippen LogP contribution in [-0.4, -0.2) is 37.2 Å². The summed E-state index contributed by atoms with van der Waals surface area (Å²) in [5, 5.41) is 11.1. The van der Waals surface area contributed by atoms with E-state index >= 15 is 0 Å². The van der Waals surface area contributed by atoms with Gasteiger partial charge in [0.05, 0.1) is 5.75 Å². The maximum atomic E-state index is 10.9. The van der Waals surface area contributed by atoms with Crippen molar-refractivity contribution in [2.24, 2.45) is 5.14 Å². The van der Waals surface area contributed by atoms with Gasteiger partial charge in [-0.15, -0.1) is 0 Å². The van der Waals surface area contributed by atoms with Crippen molar-refractivity contribution in [1.29, 1.82) is 0 Å². The number of hydrogen-bond donors (Lipinski definition) is 3. The molecule has 0 spiro atoms. The zero-order valence-electron chi connectivity index (χ0n) is 11.5. The predicted octanol–water partition coefficient (Wildman–Crippen LogP) is 0.480. The third-order valence-electron chi connectivity index (χ3n) is 2.53. The molecule has 4 N–H and O–H groups in total. The normalized spacial score (nSPS) is 11.4.